The molecule has 20 heavy (non-hydrogen) atoms. The van der Waals surface area contributed by atoms with Crippen LogP contribution in [0, 0.1) is 11.6 Å². The van der Waals surface area contributed by atoms with Gasteiger partial charge in [-0.1, -0.05) is 29.8 Å². The molecule has 2 aromatic carbocycles. The molecule has 0 aliphatic carbocycles. The Morgan fingerprint density at radius 2 is 1.55 bits per heavy atom. The quantitative estimate of drug-likeness (QED) is 0.548. The van der Waals surface area contributed by atoms with E-state index in [-0.39, 0.29) is 11.1 Å². The lowest BCUT2D eigenvalue weighted by atomic mass is 10.0. The summed E-state index contributed by atoms with van der Waals surface area (Å²) in [7, 11) is 0. The van der Waals surface area contributed by atoms with E-state index >= 15 is 0 Å². The molecule has 0 saturated carbocycles. The summed E-state index contributed by atoms with van der Waals surface area (Å²) >= 11 is 5.41. The summed E-state index contributed by atoms with van der Waals surface area (Å²) in [4.78, 5) is 0. The van der Waals surface area contributed by atoms with Crippen LogP contribution >= 0.6 is 11.6 Å². The molecule has 2 rings (SSSR count). The van der Waals surface area contributed by atoms with Crippen LogP contribution in [0.5, 0.6) is 5.75 Å². The molecule has 7 heteroatoms. The van der Waals surface area contributed by atoms with Crippen molar-refractivity contribution in [2.75, 3.05) is 0 Å². The van der Waals surface area contributed by atoms with Crippen molar-refractivity contribution in [3.05, 3.63) is 53.1 Å². The molecule has 0 heterocycles. The van der Waals surface area contributed by atoms with E-state index in [2.05, 4.69) is 4.74 Å². The number of para-hydroxylation sites is 1. The molecule has 0 unspecified atom stereocenters. The Balaban J connectivity index is 2.56. The average Bonchev–Trinajstić information content (AvgIpc) is 2.36. The molecule has 0 fully saturated rings. The minimum atomic E-state index is -4.92. The Bertz CT molecular complexity index is 639. The summed E-state index contributed by atoms with van der Waals surface area (Å²) in [6.45, 7) is 0. The zero-order chi connectivity index (χ0) is 14.9. The largest absolute Gasteiger partial charge is 0.573 e. The molecule has 0 aromatic heterocycles. The first kappa shape index (κ1) is 14.6. The fraction of sp³-hybridized carbons (Fsp3) is 0.0769. The Morgan fingerprint density at radius 1 is 0.900 bits per heavy atom. The minimum absolute atomic E-state index is 0.177. The first-order chi connectivity index (χ1) is 9.29. The van der Waals surface area contributed by atoms with Crippen molar-refractivity contribution in [2.45, 2.75) is 6.36 Å². The molecule has 2 aromatic rings. The summed E-state index contributed by atoms with van der Waals surface area (Å²) < 4.78 is 67.6. The normalized spacial score (nSPS) is 11.5. The van der Waals surface area contributed by atoms with E-state index in [0.29, 0.717) is 0 Å². The van der Waals surface area contributed by atoms with Gasteiger partial charge < -0.3 is 4.74 Å². The number of alkyl halides is 3. The molecule has 0 saturated heterocycles. The van der Waals surface area contributed by atoms with Crippen LogP contribution in [-0.4, -0.2) is 6.36 Å². The highest BCUT2D eigenvalue weighted by molar-refractivity contribution is 6.31. The fourth-order valence-corrected chi connectivity index (χ4v) is 1.80. The van der Waals surface area contributed by atoms with Crippen molar-refractivity contribution in [3.8, 4) is 16.9 Å². The molecule has 0 bridgehead atoms. The molecule has 106 valence electrons. The van der Waals surface area contributed by atoms with E-state index in [1.54, 1.807) is 0 Å². The number of hydrogen-bond acceptors (Lipinski definition) is 1. The van der Waals surface area contributed by atoms with Gasteiger partial charge in [0.15, 0.2) is 5.82 Å². The van der Waals surface area contributed by atoms with Crippen molar-refractivity contribution >= 4 is 11.6 Å². The molecule has 0 N–H and O–H groups in total. The van der Waals surface area contributed by atoms with E-state index < -0.39 is 28.8 Å². The number of hydrogen-bond donors (Lipinski definition) is 0. The van der Waals surface area contributed by atoms with E-state index in [1.807, 2.05) is 0 Å². The van der Waals surface area contributed by atoms with Crippen LogP contribution in [0.2, 0.25) is 5.02 Å². The lowest BCUT2D eigenvalue weighted by molar-refractivity contribution is -0.274. The highest BCUT2D eigenvalue weighted by atomic mass is 35.5. The van der Waals surface area contributed by atoms with Crippen LogP contribution in [0.4, 0.5) is 22.0 Å². The summed E-state index contributed by atoms with van der Waals surface area (Å²) in [5, 5.41) is -0.788. The van der Waals surface area contributed by atoms with Gasteiger partial charge in [-0.05, 0) is 18.2 Å². The van der Waals surface area contributed by atoms with Gasteiger partial charge in [-0.25, -0.2) is 8.78 Å². The highest BCUT2D eigenvalue weighted by Crippen LogP contribution is 2.37. The van der Waals surface area contributed by atoms with Gasteiger partial charge in [0.1, 0.15) is 16.6 Å². The summed E-state index contributed by atoms with van der Waals surface area (Å²) in [5.74, 6) is -2.74. The zero-order valence-electron chi connectivity index (χ0n) is 9.64. The van der Waals surface area contributed by atoms with Gasteiger partial charge in [-0.2, -0.15) is 0 Å². The third kappa shape index (κ3) is 3.01. The molecule has 1 nitrogen and oxygen atoms in total. The Morgan fingerprint density at radius 3 is 2.20 bits per heavy atom. The number of halogens is 6. The van der Waals surface area contributed by atoms with Gasteiger partial charge in [0.25, 0.3) is 0 Å². The maximum Gasteiger partial charge on any atom is 0.573 e. The lowest BCUT2D eigenvalue weighted by Gasteiger charge is -2.14. The standard InChI is InChI=1S/C13H6ClF5O/c14-11-9(15)6-5-8(12(11)16)7-3-1-2-4-10(7)20-13(17,18)19/h1-6H. The SMILES string of the molecule is Fc1ccc(-c2ccccc2OC(F)(F)F)c(F)c1Cl. The van der Waals surface area contributed by atoms with Gasteiger partial charge in [-0.3, -0.25) is 0 Å². The first-order valence-electron chi connectivity index (χ1n) is 5.28. The van der Waals surface area contributed by atoms with Crippen LogP contribution < -0.4 is 4.74 Å². The molecule has 0 atom stereocenters. The smallest absolute Gasteiger partial charge is 0.405 e. The van der Waals surface area contributed by atoms with Crippen LogP contribution in [0.1, 0.15) is 0 Å². The van der Waals surface area contributed by atoms with E-state index in [9.17, 15) is 22.0 Å². The third-order valence-electron chi connectivity index (χ3n) is 2.44. The highest BCUT2D eigenvalue weighted by Gasteiger charge is 2.32. The predicted octanol–water partition coefficient (Wildman–Crippen LogP) is 5.18. The molecular formula is C13H6ClF5O. The number of rotatable bonds is 2. The third-order valence-corrected chi connectivity index (χ3v) is 2.78. The number of ether oxygens (including phenoxy) is 1. The average molecular weight is 309 g/mol. The van der Waals surface area contributed by atoms with Crippen LogP contribution in [0.3, 0.4) is 0 Å². The van der Waals surface area contributed by atoms with E-state index in [0.717, 1.165) is 18.2 Å². The van der Waals surface area contributed by atoms with Gasteiger partial charge in [0.2, 0.25) is 0 Å². The molecule has 0 spiro atoms. The summed E-state index contributed by atoms with van der Waals surface area (Å²) in [5.41, 5.74) is -0.458. The minimum Gasteiger partial charge on any atom is -0.405 e. The maximum absolute atomic E-state index is 13.9. The second kappa shape index (κ2) is 5.28. The van der Waals surface area contributed by atoms with Crippen molar-refractivity contribution in [1.82, 2.24) is 0 Å². The Hall–Kier alpha value is -1.82. The molecule has 0 aliphatic rings. The molecule has 0 aliphatic heterocycles. The van der Waals surface area contributed by atoms with Crippen LogP contribution in [0.25, 0.3) is 11.1 Å². The van der Waals surface area contributed by atoms with E-state index in [1.165, 1.54) is 18.2 Å². The zero-order valence-corrected chi connectivity index (χ0v) is 10.4. The molecule has 0 amide bonds. The van der Waals surface area contributed by atoms with Crippen LogP contribution in [-0.2, 0) is 0 Å². The molecule has 0 radical (unpaired) electrons. The Kier molecular flexibility index (Phi) is 3.85. The Labute approximate surface area is 115 Å². The maximum atomic E-state index is 13.9. The van der Waals surface area contributed by atoms with Crippen molar-refractivity contribution in [1.29, 1.82) is 0 Å². The van der Waals surface area contributed by atoms with Gasteiger partial charge in [0, 0.05) is 11.1 Å². The van der Waals surface area contributed by atoms with Crippen molar-refractivity contribution < 1.29 is 26.7 Å². The van der Waals surface area contributed by atoms with Crippen LogP contribution in [0.15, 0.2) is 36.4 Å². The summed E-state index contributed by atoms with van der Waals surface area (Å²) in [6.07, 6.45) is -4.92. The first-order valence-corrected chi connectivity index (χ1v) is 5.66. The van der Waals surface area contributed by atoms with E-state index in [4.69, 9.17) is 11.6 Å². The lowest BCUT2D eigenvalue weighted by Crippen LogP contribution is -2.17. The van der Waals surface area contributed by atoms with Gasteiger partial charge in [0.05, 0.1) is 0 Å². The number of benzene rings is 2. The second-order valence-corrected chi connectivity index (χ2v) is 4.14. The monoisotopic (exact) mass is 308 g/mol. The van der Waals surface area contributed by atoms with Gasteiger partial charge >= 0.3 is 6.36 Å². The van der Waals surface area contributed by atoms with Crippen molar-refractivity contribution in [2.24, 2.45) is 0 Å². The fourth-order valence-electron chi connectivity index (χ4n) is 1.64. The second-order valence-electron chi connectivity index (χ2n) is 3.77. The summed E-state index contributed by atoms with van der Waals surface area (Å²) in [6, 6.07) is 6.80. The predicted molar refractivity (Wildman–Crippen MR) is 63.5 cm³/mol. The topological polar surface area (TPSA) is 9.23 Å². The van der Waals surface area contributed by atoms with Crippen molar-refractivity contribution in [3.63, 3.8) is 0 Å². The van der Waals surface area contributed by atoms with Gasteiger partial charge in [-0.15, -0.1) is 13.2 Å². The molecular weight excluding hydrogens is 303 g/mol.